The highest BCUT2D eigenvalue weighted by atomic mass is 79.9. The summed E-state index contributed by atoms with van der Waals surface area (Å²) in [5.41, 5.74) is 2.72. The number of nitrogens with zero attached hydrogens (tertiary/aromatic N) is 1. The van der Waals surface area contributed by atoms with Crippen LogP contribution in [0.3, 0.4) is 0 Å². The molecule has 4 nitrogen and oxygen atoms in total. The Morgan fingerprint density at radius 2 is 1.83 bits per heavy atom. The van der Waals surface area contributed by atoms with Gasteiger partial charge in [0.15, 0.2) is 5.76 Å². The van der Waals surface area contributed by atoms with E-state index in [1.54, 1.807) is 0 Å². The fourth-order valence-electron chi connectivity index (χ4n) is 2.36. The second-order valence-electron chi connectivity index (χ2n) is 5.65. The molecule has 1 heterocycles. The summed E-state index contributed by atoms with van der Waals surface area (Å²) in [4.78, 5) is 0. The van der Waals surface area contributed by atoms with Crippen molar-refractivity contribution in [2.24, 2.45) is 0 Å². The smallest absolute Gasteiger partial charge is 0.190 e. The molecule has 0 aliphatic rings. The van der Waals surface area contributed by atoms with Gasteiger partial charge in [0.2, 0.25) is 0 Å². The van der Waals surface area contributed by atoms with Crippen molar-refractivity contribution in [1.82, 2.24) is 5.16 Å². The summed E-state index contributed by atoms with van der Waals surface area (Å²) in [5, 5.41) is 7.55. The van der Waals surface area contributed by atoms with E-state index in [2.05, 4.69) is 33.3 Å². The maximum absolute atomic E-state index is 5.80. The number of ether oxygens (including phenoxy) is 1. The van der Waals surface area contributed by atoms with Crippen LogP contribution in [0.2, 0.25) is 0 Å². The van der Waals surface area contributed by atoms with Crippen LogP contribution in [-0.4, -0.2) is 17.8 Å². The van der Waals surface area contributed by atoms with Gasteiger partial charge in [-0.15, -0.1) is 0 Å². The molecule has 0 aliphatic carbocycles. The Labute approximate surface area is 150 Å². The van der Waals surface area contributed by atoms with Crippen molar-refractivity contribution in [2.75, 3.05) is 11.9 Å². The normalized spacial score (nSPS) is 12.0. The molecule has 1 aromatic heterocycles. The maximum atomic E-state index is 5.80. The van der Waals surface area contributed by atoms with Gasteiger partial charge < -0.3 is 14.6 Å². The summed E-state index contributed by atoms with van der Waals surface area (Å²) in [6.07, 6.45) is 0. The van der Waals surface area contributed by atoms with Crippen LogP contribution in [0, 0.1) is 6.92 Å². The Bertz CT molecular complexity index is 785. The van der Waals surface area contributed by atoms with Crippen molar-refractivity contribution in [3.8, 4) is 17.1 Å². The van der Waals surface area contributed by atoms with Crippen LogP contribution in [0.5, 0.6) is 5.75 Å². The lowest BCUT2D eigenvalue weighted by molar-refractivity contribution is 0.304. The number of halogens is 1. The molecule has 3 rings (SSSR count). The van der Waals surface area contributed by atoms with Crippen LogP contribution in [0.4, 0.5) is 5.69 Å². The summed E-state index contributed by atoms with van der Waals surface area (Å²) in [5.74, 6) is 1.60. The molecule has 1 unspecified atom stereocenters. The monoisotopic (exact) mass is 386 g/mol. The van der Waals surface area contributed by atoms with Crippen molar-refractivity contribution < 1.29 is 9.26 Å². The third-order valence-electron chi connectivity index (χ3n) is 3.60. The van der Waals surface area contributed by atoms with Crippen molar-refractivity contribution in [1.29, 1.82) is 0 Å². The number of hydrogen-bond donors (Lipinski definition) is 1. The molecule has 124 valence electrons. The van der Waals surface area contributed by atoms with Gasteiger partial charge in [-0.25, -0.2) is 0 Å². The second-order valence-corrected chi connectivity index (χ2v) is 6.56. The Morgan fingerprint density at radius 3 is 2.54 bits per heavy atom. The first kappa shape index (κ1) is 16.6. The largest absolute Gasteiger partial charge is 0.491 e. The molecule has 24 heavy (non-hydrogen) atoms. The molecule has 5 heteroatoms. The number of aryl methyl sites for hydroxylation is 1. The molecule has 3 aromatic rings. The van der Waals surface area contributed by atoms with E-state index in [0.717, 1.165) is 32.9 Å². The number of nitrogens with one attached hydrogen (secondary N) is 1. The predicted octanol–water partition coefficient (Wildman–Crippen LogP) is 5.29. The van der Waals surface area contributed by atoms with E-state index in [0.29, 0.717) is 6.61 Å². The lowest BCUT2D eigenvalue weighted by Crippen LogP contribution is -2.23. The average Bonchev–Trinajstić information content (AvgIpc) is 2.95. The molecule has 0 amide bonds. The SMILES string of the molecule is Cc1noc(-c2ccc(Br)cc2)c1NC(C)COc1ccccc1. The molecule has 1 atom stereocenters. The second kappa shape index (κ2) is 7.53. The fourth-order valence-corrected chi connectivity index (χ4v) is 2.63. The van der Waals surface area contributed by atoms with Gasteiger partial charge in [0.05, 0.1) is 6.04 Å². The lowest BCUT2D eigenvalue weighted by Gasteiger charge is -2.16. The molecule has 0 bridgehead atoms. The fraction of sp³-hybridized carbons (Fsp3) is 0.211. The summed E-state index contributed by atoms with van der Waals surface area (Å²) >= 11 is 3.45. The highest BCUT2D eigenvalue weighted by Crippen LogP contribution is 2.32. The quantitative estimate of drug-likeness (QED) is 0.624. The molecule has 1 N–H and O–H groups in total. The van der Waals surface area contributed by atoms with Crippen molar-refractivity contribution >= 4 is 21.6 Å². The van der Waals surface area contributed by atoms with Crippen LogP contribution in [-0.2, 0) is 0 Å². The molecular formula is C19H19BrN2O2. The van der Waals surface area contributed by atoms with E-state index in [9.17, 15) is 0 Å². The summed E-state index contributed by atoms with van der Waals surface area (Å²) in [7, 11) is 0. The van der Waals surface area contributed by atoms with Gasteiger partial charge in [0, 0.05) is 10.0 Å². The first-order chi connectivity index (χ1) is 11.6. The lowest BCUT2D eigenvalue weighted by atomic mass is 10.1. The molecule has 0 saturated carbocycles. The van der Waals surface area contributed by atoms with Gasteiger partial charge in [-0.05, 0) is 50.2 Å². The topological polar surface area (TPSA) is 47.3 Å². The van der Waals surface area contributed by atoms with Crippen LogP contribution in [0.1, 0.15) is 12.6 Å². The third-order valence-corrected chi connectivity index (χ3v) is 4.13. The predicted molar refractivity (Wildman–Crippen MR) is 99.4 cm³/mol. The van der Waals surface area contributed by atoms with Gasteiger partial charge >= 0.3 is 0 Å². The van der Waals surface area contributed by atoms with Crippen LogP contribution < -0.4 is 10.1 Å². The molecule has 0 radical (unpaired) electrons. The van der Waals surface area contributed by atoms with Crippen molar-refractivity contribution in [3.05, 3.63) is 64.8 Å². The number of anilines is 1. The first-order valence-electron chi connectivity index (χ1n) is 7.80. The van der Waals surface area contributed by atoms with E-state index < -0.39 is 0 Å². The Morgan fingerprint density at radius 1 is 1.12 bits per heavy atom. The third kappa shape index (κ3) is 3.97. The molecular weight excluding hydrogens is 368 g/mol. The molecule has 0 saturated heterocycles. The zero-order chi connectivity index (χ0) is 16.9. The van der Waals surface area contributed by atoms with E-state index in [1.807, 2.05) is 61.5 Å². The number of aromatic nitrogens is 1. The minimum absolute atomic E-state index is 0.109. The molecule has 0 aliphatic heterocycles. The molecule has 0 spiro atoms. The number of para-hydroxylation sites is 1. The number of rotatable bonds is 6. The Kier molecular flexibility index (Phi) is 5.20. The van der Waals surface area contributed by atoms with Gasteiger partial charge in [0.1, 0.15) is 23.7 Å². The zero-order valence-electron chi connectivity index (χ0n) is 13.6. The highest BCUT2D eigenvalue weighted by Gasteiger charge is 2.17. The summed E-state index contributed by atoms with van der Waals surface area (Å²) in [6, 6.07) is 17.9. The van der Waals surface area contributed by atoms with E-state index in [-0.39, 0.29) is 6.04 Å². The molecule has 0 fully saturated rings. The number of hydrogen-bond acceptors (Lipinski definition) is 4. The van der Waals surface area contributed by atoms with Crippen LogP contribution >= 0.6 is 15.9 Å². The van der Waals surface area contributed by atoms with Gasteiger partial charge in [0.25, 0.3) is 0 Å². The standard InChI is InChI=1S/C19H19BrN2O2/c1-13(12-23-17-6-4-3-5-7-17)21-18-14(2)22-24-19(18)15-8-10-16(20)11-9-15/h3-11,13,21H,12H2,1-2H3. The van der Waals surface area contributed by atoms with Crippen molar-refractivity contribution in [3.63, 3.8) is 0 Å². The summed E-state index contributed by atoms with van der Waals surface area (Å²) in [6.45, 7) is 4.55. The van der Waals surface area contributed by atoms with E-state index in [4.69, 9.17) is 9.26 Å². The van der Waals surface area contributed by atoms with Crippen molar-refractivity contribution in [2.45, 2.75) is 19.9 Å². The number of benzene rings is 2. The maximum Gasteiger partial charge on any atom is 0.190 e. The molecule has 2 aromatic carbocycles. The van der Waals surface area contributed by atoms with Crippen LogP contribution in [0.25, 0.3) is 11.3 Å². The average molecular weight is 387 g/mol. The van der Waals surface area contributed by atoms with Gasteiger partial charge in [-0.3, -0.25) is 0 Å². The van der Waals surface area contributed by atoms with E-state index in [1.165, 1.54) is 0 Å². The first-order valence-corrected chi connectivity index (χ1v) is 8.59. The zero-order valence-corrected chi connectivity index (χ0v) is 15.2. The minimum Gasteiger partial charge on any atom is -0.491 e. The van der Waals surface area contributed by atoms with Crippen LogP contribution in [0.15, 0.2) is 63.6 Å². The minimum atomic E-state index is 0.109. The highest BCUT2D eigenvalue weighted by molar-refractivity contribution is 9.10. The van der Waals surface area contributed by atoms with Gasteiger partial charge in [-0.2, -0.15) is 0 Å². The van der Waals surface area contributed by atoms with Gasteiger partial charge in [-0.1, -0.05) is 39.3 Å². The Balaban J connectivity index is 1.70. The Hall–Kier alpha value is -2.27. The van der Waals surface area contributed by atoms with E-state index >= 15 is 0 Å². The summed E-state index contributed by atoms with van der Waals surface area (Å²) < 4.78 is 12.3.